The van der Waals surface area contributed by atoms with Crippen molar-refractivity contribution in [1.82, 2.24) is 10.1 Å². The molecule has 2 N–H and O–H groups in total. The molecule has 66 heavy (non-hydrogen) atoms. The molecule has 0 saturated heterocycles. The number of hydrogen-bond donors (Lipinski definition) is 2. The molecule has 1 heterocycles. The number of carboxylic acid groups (broad SMARTS) is 1. The molecule has 1 saturated carbocycles. The third kappa shape index (κ3) is 8.73. The fourth-order valence-electron chi connectivity index (χ4n) is 9.83. The molecule has 1 aromatic heterocycles. The first-order chi connectivity index (χ1) is 31.4. The van der Waals surface area contributed by atoms with E-state index in [4.69, 9.17) is 18.4 Å². The number of aliphatic carboxylic acids is 1. The van der Waals surface area contributed by atoms with Gasteiger partial charge in [0.25, 0.3) is 5.88 Å². The summed E-state index contributed by atoms with van der Waals surface area (Å²) in [7, 11) is -3.08. The summed E-state index contributed by atoms with van der Waals surface area (Å²) < 4.78 is 43.9. The number of aliphatic hydroxyl groups is 1. The summed E-state index contributed by atoms with van der Waals surface area (Å²) in [5.41, 5.74) is 0.0269. The second kappa shape index (κ2) is 19.3. The van der Waals surface area contributed by atoms with Crippen LogP contribution < -0.4 is 9.47 Å². The second-order valence-corrected chi connectivity index (χ2v) is 24.2. The highest BCUT2D eigenvalue weighted by Gasteiger charge is 2.69. The number of Topliss-reactive ketones (excluding diaryl/α,β-unsaturated/α-hetero) is 2. The first-order valence-corrected chi connectivity index (χ1v) is 25.9. The summed E-state index contributed by atoms with van der Waals surface area (Å²) in [5, 5.41) is 27.0. The normalized spacial score (nSPS) is 20.8. The predicted molar refractivity (Wildman–Crippen MR) is 253 cm³/mol. The molecule has 1 fully saturated rings. The minimum atomic E-state index is -3.08. The Balaban J connectivity index is 1.47. The average Bonchev–Trinajstić information content (AvgIpc) is 3.70. The van der Waals surface area contributed by atoms with Crippen molar-refractivity contribution in [3.63, 3.8) is 0 Å². The number of fused-ring (bicyclic) bond motifs is 4. The van der Waals surface area contributed by atoms with E-state index in [1.165, 1.54) is 0 Å². The zero-order valence-electron chi connectivity index (χ0n) is 39.2. The number of ketones is 2. The number of ether oxygens (including phenoxy) is 2. The number of aromatic nitrogens is 1. The van der Waals surface area contributed by atoms with Gasteiger partial charge in [0, 0.05) is 30.1 Å². The number of nitrogens with zero attached hydrogens (tertiary/aromatic N) is 2. The molecule has 3 aliphatic carbocycles. The summed E-state index contributed by atoms with van der Waals surface area (Å²) in [6, 6.07) is 18.0. The van der Waals surface area contributed by atoms with Crippen molar-refractivity contribution in [2.24, 2.45) is 17.8 Å². The number of benzene rings is 3. The van der Waals surface area contributed by atoms with Gasteiger partial charge in [0.2, 0.25) is 11.6 Å². The molecule has 11 nitrogen and oxygen atoms in total. The fourth-order valence-corrected chi connectivity index (χ4v) is 11.3. The first-order valence-electron chi connectivity index (χ1n) is 23.0. The summed E-state index contributed by atoms with van der Waals surface area (Å²) in [5.74, 6) is -5.86. The van der Waals surface area contributed by atoms with Crippen LogP contribution in [0, 0.1) is 30.5 Å². The van der Waals surface area contributed by atoms with Gasteiger partial charge in [0.15, 0.2) is 19.7 Å². The summed E-state index contributed by atoms with van der Waals surface area (Å²) >= 11 is 0. The lowest BCUT2D eigenvalue weighted by Gasteiger charge is -2.55. The monoisotopic (exact) mass is 918 g/mol. The molecule has 0 bridgehead atoms. The van der Waals surface area contributed by atoms with E-state index >= 15 is 14.0 Å². The minimum Gasteiger partial charge on any atom is -0.507 e. The van der Waals surface area contributed by atoms with E-state index in [0.717, 1.165) is 17.5 Å². The topological polar surface area (TPSA) is 149 Å². The maximum Gasteiger partial charge on any atom is 0.306 e. The summed E-state index contributed by atoms with van der Waals surface area (Å²) in [6.45, 7) is 22.4. The van der Waals surface area contributed by atoms with Gasteiger partial charge in [-0.05, 0) is 84.1 Å². The van der Waals surface area contributed by atoms with Gasteiger partial charge in [0.05, 0.1) is 17.5 Å². The summed E-state index contributed by atoms with van der Waals surface area (Å²) in [6.07, 6.45) is 5.19. The Bertz CT molecular complexity index is 2520. The Hall–Kier alpha value is -5.63. The number of unbranched alkanes of at least 4 members (excludes halogenated alkanes) is 1. The van der Waals surface area contributed by atoms with Gasteiger partial charge in [-0.2, -0.15) is 0 Å². The third-order valence-corrected chi connectivity index (χ3v) is 18.7. The smallest absolute Gasteiger partial charge is 0.306 e. The first kappa shape index (κ1) is 48.3. The molecule has 0 spiro atoms. The number of halogens is 1. The Morgan fingerprint density at radius 3 is 2.17 bits per heavy atom. The van der Waals surface area contributed by atoms with E-state index < -0.39 is 71.9 Å². The zero-order valence-corrected chi connectivity index (χ0v) is 40.2. The number of carbonyl (C=O) groups is 3. The van der Waals surface area contributed by atoms with Crippen molar-refractivity contribution in [3.8, 4) is 11.6 Å². The molecule has 1 unspecified atom stereocenters. The molecule has 4 aromatic rings. The van der Waals surface area contributed by atoms with Crippen molar-refractivity contribution >= 4 is 31.6 Å². The lowest BCUT2D eigenvalue weighted by Crippen LogP contribution is -2.68. The molecular formula is C53H63FN2O9Si. The Morgan fingerprint density at radius 1 is 1.00 bits per heavy atom. The SMILES string of the molecule is C=CCN(CC=C)[C@@H]1c2onc(OCc3ccccc3)c2C(=O)[C@@]2(O[Si](C)(C)C(C)(C)C)C(=O)C3=C(O)c4c(c(F)c(CC(CCCC)C(=O)O)c(C)c4OCc4ccccc4)C[C@H]3C[C@@H]12. The highest BCUT2D eigenvalue weighted by molar-refractivity contribution is 6.74. The molecular weight excluding hydrogens is 856 g/mol. The largest absolute Gasteiger partial charge is 0.507 e. The molecule has 13 heteroatoms. The quantitative estimate of drug-likeness (QED) is 0.0526. The van der Waals surface area contributed by atoms with Crippen LogP contribution in [0.1, 0.15) is 109 Å². The van der Waals surface area contributed by atoms with Gasteiger partial charge in [-0.15, -0.1) is 13.2 Å². The number of aliphatic hydroxyl groups excluding tert-OH is 1. The van der Waals surface area contributed by atoms with Gasteiger partial charge in [-0.1, -0.05) is 113 Å². The Morgan fingerprint density at radius 2 is 1.61 bits per heavy atom. The van der Waals surface area contributed by atoms with Gasteiger partial charge < -0.3 is 28.6 Å². The lowest BCUT2D eigenvalue weighted by molar-refractivity contribution is -0.142. The van der Waals surface area contributed by atoms with Gasteiger partial charge >= 0.3 is 5.97 Å². The maximum atomic E-state index is 17.6. The van der Waals surface area contributed by atoms with Crippen LogP contribution in [0.2, 0.25) is 18.1 Å². The predicted octanol–water partition coefficient (Wildman–Crippen LogP) is 11.1. The van der Waals surface area contributed by atoms with Crippen LogP contribution in [0.5, 0.6) is 11.6 Å². The average molecular weight is 919 g/mol. The van der Waals surface area contributed by atoms with Crippen LogP contribution in [0.15, 0.2) is 96.1 Å². The van der Waals surface area contributed by atoms with E-state index in [1.807, 2.05) is 106 Å². The molecule has 350 valence electrons. The van der Waals surface area contributed by atoms with Crippen molar-refractivity contribution in [1.29, 1.82) is 0 Å². The van der Waals surface area contributed by atoms with Crippen molar-refractivity contribution in [3.05, 3.63) is 142 Å². The standard InChI is InChI=1S/C53H63FN2O9Si/c1-10-13-24-35(51(60)61)27-37-32(4)46(62-30-33-20-16-14-17-21-33)41-38(43(37)54)28-36-29-39-44(56(25-11-2)26-12-3)47-42(50(55-64-47)63-31-34-22-18-15-19-23-34)49(59)53(39,48(58)40(36)45(41)57)65-66(8,9)52(5,6)7/h11-12,14-23,35-36,39,44,57H,2-3,10,13,24-31H2,1,4-9H3,(H,60,61)/t35?,36-,39-,44-,53-/m0/s1. The van der Waals surface area contributed by atoms with Gasteiger partial charge in [0.1, 0.15) is 36.1 Å². The number of carbonyl (C=O) groups excluding carboxylic acids is 2. The number of carboxylic acids is 1. The molecule has 3 aromatic carbocycles. The van der Waals surface area contributed by atoms with E-state index in [1.54, 1.807) is 19.1 Å². The van der Waals surface area contributed by atoms with Crippen LogP contribution in [0.3, 0.4) is 0 Å². The molecule has 0 amide bonds. The highest BCUT2D eigenvalue weighted by atomic mass is 28.4. The van der Waals surface area contributed by atoms with E-state index in [2.05, 4.69) is 18.3 Å². The van der Waals surface area contributed by atoms with E-state index in [0.29, 0.717) is 31.5 Å². The van der Waals surface area contributed by atoms with Crippen LogP contribution in [-0.4, -0.2) is 64.8 Å². The zero-order chi connectivity index (χ0) is 47.7. The Kier molecular flexibility index (Phi) is 14.1. The van der Waals surface area contributed by atoms with Crippen LogP contribution in [0.4, 0.5) is 4.39 Å². The lowest BCUT2D eigenvalue weighted by atomic mass is 9.57. The number of rotatable bonds is 19. The van der Waals surface area contributed by atoms with Crippen LogP contribution in [-0.2, 0) is 40.1 Å². The fraction of sp³-hybridized carbons (Fsp3) is 0.434. The molecule has 5 atom stereocenters. The van der Waals surface area contributed by atoms with E-state index in [-0.39, 0.29) is 77.7 Å². The maximum absolute atomic E-state index is 17.6. The van der Waals surface area contributed by atoms with E-state index in [9.17, 15) is 15.0 Å². The van der Waals surface area contributed by atoms with Crippen LogP contribution >= 0.6 is 0 Å². The van der Waals surface area contributed by atoms with Gasteiger partial charge in [-0.25, -0.2) is 4.39 Å². The van der Waals surface area contributed by atoms with Crippen molar-refractivity contribution in [2.45, 2.75) is 116 Å². The third-order valence-electron chi connectivity index (χ3n) is 14.2. The Labute approximate surface area is 388 Å². The van der Waals surface area contributed by atoms with Crippen molar-refractivity contribution < 1.29 is 47.4 Å². The van der Waals surface area contributed by atoms with Gasteiger partial charge in [-0.3, -0.25) is 19.3 Å². The number of hydrogen-bond acceptors (Lipinski definition) is 10. The molecule has 0 aliphatic heterocycles. The molecule has 0 radical (unpaired) electrons. The second-order valence-electron chi connectivity index (χ2n) is 19.5. The minimum absolute atomic E-state index is 0.0124. The highest BCUT2D eigenvalue weighted by Crippen LogP contribution is 2.60. The summed E-state index contributed by atoms with van der Waals surface area (Å²) in [4.78, 5) is 46.7. The van der Waals surface area contributed by atoms with Crippen LogP contribution in [0.25, 0.3) is 5.76 Å². The molecule has 3 aliphatic rings. The molecule has 7 rings (SSSR count). The van der Waals surface area contributed by atoms with Crippen molar-refractivity contribution in [2.75, 3.05) is 13.1 Å².